The number of carbonyl (C=O) groups is 2. The lowest BCUT2D eigenvalue weighted by Gasteiger charge is -2.38. The number of hydrogen-bond acceptors (Lipinski definition) is 4. The highest BCUT2D eigenvalue weighted by Gasteiger charge is 2.39. The molecule has 2 aliphatic heterocycles. The van der Waals surface area contributed by atoms with Gasteiger partial charge in [0.15, 0.2) is 0 Å². The van der Waals surface area contributed by atoms with E-state index in [0.717, 1.165) is 58.7 Å². The molecule has 0 aromatic rings. The van der Waals surface area contributed by atoms with Crippen LogP contribution in [0.4, 0.5) is 0 Å². The van der Waals surface area contributed by atoms with Crippen LogP contribution in [0.15, 0.2) is 0 Å². The Labute approximate surface area is 127 Å². The molecule has 2 saturated heterocycles. The van der Waals surface area contributed by atoms with E-state index in [1.807, 2.05) is 11.8 Å². The van der Waals surface area contributed by atoms with E-state index in [1.54, 1.807) is 0 Å². The van der Waals surface area contributed by atoms with Gasteiger partial charge in [-0.25, -0.2) is 0 Å². The van der Waals surface area contributed by atoms with Gasteiger partial charge in [-0.2, -0.15) is 0 Å². The summed E-state index contributed by atoms with van der Waals surface area (Å²) < 4.78 is 0. The van der Waals surface area contributed by atoms with Gasteiger partial charge in [-0.05, 0) is 26.3 Å². The first-order valence-electron chi connectivity index (χ1n) is 8.04. The quantitative estimate of drug-likeness (QED) is 0.728. The predicted molar refractivity (Wildman–Crippen MR) is 81.9 cm³/mol. The van der Waals surface area contributed by atoms with Crippen molar-refractivity contribution < 1.29 is 9.59 Å². The molecule has 2 aliphatic rings. The van der Waals surface area contributed by atoms with Crippen LogP contribution in [0.5, 0.6) is 0 Å². The number of carbonyl (C=O) groups excluding carboxylic acids is 2. The molecule has 1 unspecified atom stereocenters. The van der Waals surface area contributed by atoms with E-state index < -0.39 is 0 Å². The minimum atomic E-state index is -0.235. The van der Waals surface area contributed by atoms with Gasteiger partial charge in [-0.1, -0.05) is 6.92 Å². The van der Waals surface area contributed by atoms with Crippen molar-refractivity contribution in [2.45, 2.75) is 26.7 Å². The van der Waals surface area contributed by atoms with Gasteiger partial charge < -0.3 is 15.5 Å². The van der Waals surface area contributed by atoms with Crippen molar-refractivity contribution in [2.75, 3.05) is 52.4 Å². The van der Waals surface area contributed by atoms with Gasteiger partial charge in [0.2, 0.25) is 11.8 Å². The molecule has 2 N–H and O–H groups in total. The molecule has 0 spiro atoms. The highest BCUT2D eigenvalue weighted by Crippen LogP contribution is 2.27. The largest absolute Gasteiger partial charge is 0.355 e. The molecule has 0 radical (unpaired) electrons. The maximum absolute atomic E-state index is 12.6. The molecule has 6 nitrogen and oxygen atoms in total. The summed E-state index contributed by atoms with van der Waals surface area (Å²) >= 11 is 0. The molecule has 0 saturated carbocycles. The summed E-state index contributed by atoms with van der Waals surface area (Å²) in [7, 11) is 0. The van der Waals surface area contributed by atoms with Crippen molar-refractivity contribution in [3.63, 3.8) is 0 Å². The Hall–Kier alpha value is -1.14. The standard InChI is InChI=1S/C15H28N4O2/c1-3-5-17-13(20)11-18-7-9-19(10-8-18)14(21)15(2)4-6-16-12-15/h16H,3-12H2,1-2H3,(H,17,20). The fraction of sp³-hybridized carbons (Fsp3) is 0.867. The smallest absolute Gasteiger partial charge is 0.234 e. The molecular formula is C15H28N4O2. The third kappa shape index (κ3) is 4.17. The molecule has 0 bridgehead atoms. The average molecular weight is 296 g/mol. The Morgan fingerprint density at radius 3 is 2.52 bits per heavy atom. The molecule has 2 heterocycles. The second kappa shape index (κ2) is 7.22. The Kier molecular flexibility index (Phi) is 5.58. The van der Waals surface area contributed by atoms with Gasteiger partial charge in [0, 0.05) is 39.3 Å². The van der Waals surface area contributed by atoms with E-state index in [9.17, 15) is 9.59 Å². The summed E-state index contributed by atoms with van der Waals surface area (Å²) in [6, 6.07) is 0. The van der Waals surface area contributed by atoms with E-state index in [2.05, 4.69) is 22.5 Å². The third-order valence-corrected chi connectivity index (χ3v) is 4.48. The van der Waals surface area contributed by atoms with Crippen LogP contribution in [0.1, 0.15) is 26.7 Å². The lowest BCUT2D eigenvalue weighted by molar-refractivity contribution is -0.142. The van der Waals surface area contributed by atoms with Crippen LogP contribution in [0.25, 0.3) is 0 Å². The van der Waals surface area contributed by atoms with Gasteiger partial charge >= 0.3 is 0 Å². The molecule has 2 rings (SSSR count). The van der Waals surface area contributed by atoms with E-state index in [1.165, 1.54) is 0 Å². The lowest BCUT2D eigenvalue weighted by Crippen LogP contribution is -2.54. The van der Waals surface area contributed by atoms with Crippen LogP contribution in [-0.4, -0.2) is 74.0 Å². The Balaban J connectivity index is 1.75. The number of nitrogens with one attached hydrogen (secondary N) is 2. The monoisotopic (exact) mass is 296 g/mol. The molecule has 1 atom stereocenters. The molecule has 21 heavy (non-hydrogen) atoms. The van der Waals surface area contributed by atoms with Crippen molar-refractivity contribution in [1.29, 1.82) is 0 Å². The first-order valence-corrected chi connectivity index (χ1v) is 8.04. The normalized spacial score (nSPS) is 26.9. The van der Waals surface area contributed by atoms with Crippen molar-refractivity contribution in [3.05, 3.63) is 0 Å². The molecular weight excluding hydrogens is 268 g/mol. The summed E-state index contributed by atoms with van der Waals surface area (Å²) in [5.74, 6) is 0.353. The van der Waals surface area contributed by atoms with Crippen LogP contribution < -0.4 is 10.6 Å². The number of nitrogens with zero attached hydrogens (tertiary/aromatic N) is 2. The Morgan fingerprint density at radius 1 is 1.24 bits per heavy atom. The van der Waals surface area contributed by atoms with Crippen LogP contribution in [-0.2, 0) is 9.59 Å². The number of hydrogen-bond donors (Lipinski definition) is 2. The van der Waals surface area contributed by atoms with Crippen molar-refractivity contribution in [2.24, 2.45) is 5.41 Å². The summed E-state index contributed by atoms with van der Waals surface area (Å²) in [6.45, 7) is 10.0. The highest BCUT2D eigenvalue weighted by molar-refractivity contribution is 5.83. The van der Waals surface area contributed by atoms with Crippen LogP contribution in [0.3, 0.4) is 0 Å². The third-order valence-electron chi connectivity index (χ3n) is 4.48. The maximum atomic E-state index is 12.6. The van der Waals surface area contributed by atoms with Gasteiger partial charge in [-0.15, -0.1) is 0 Å². The number of piperazine rings is 1. The molecule has 2 amide bonds. The second-order valence-electron chi connectivity index (χ2n) is 6.41. The molecule has 120 valence electrons. The van der Waals surface area contributed by atoms with Crippen molar-refractivity contribution >= 4 is 11.8 Å². The summed E-state index contributed by atoms with van der Waals surface area (Å²) in [5, 5.41) is 6.17. The van der Waals surface area contributed by atoms with E-state index >= 15 is 0 Å². The molecule has 0 aromatic heterocycles. The van der Waals surface area contributed by atoms with Crippen LogP contribution in [0.2, 0.25) is 0 Å². The van der Waals surface area contributed by atoms with Crippen molar-refractivity contribution in [3.8, 4) is 0 Å². The minimum Gasteiger partial charge on any atom is -0.355 e. The zero-order valence-electron chi connectivity index (χ0n) is 13.3. The minimum absolute atomic E-state index is 0.0866. The Bertz CT molecular complexity index is 372. The van der Waals surface area contributed by atoms with Gasteiger partial charge in [0.25, 0.3) is 0 Å². The number of amides is 2. The average Bonchev–Trinajstić information content (AvgIpc) is 2.93. The Morgan fingerprint density at radius 2 is 1.95 bits per heavy atom. The fourth-order valence-corrected chi connectivity index (χ4v) is 3.01. The summed E-state index contributed by atoms with van der Waals surface area (Å²) in [4.78, 5) is 28.4. The molecule has 6 heteroatoms. The van der Waals surface area contributed by atoms with Crippen LogP contribution >= 0.6 is 0 Å². The number of rotatable bonds is 5. The molecule has 0 aliphatic carbocycles. The van der Waals surface area contributed by atoms with E-state index in [0.29, 0.717) is 6.54 Å². The predicted octanol–water partition coefficient (Wildman–Crippen LogP) is -0.344. The molecule has 0 aromatic carbocycles. The maximum Gasteiger partial charge on any atom is 0.234 e. The lowest BCUT2D eigenvalue weighted by atomic mass is 9.88. The first kappa shape index (κ1) is 16.2. The second-order valence-corrected chi connectivity index (χ2v) is 6.41. The summed E-state index contributed by atoms with van der Waals surface area (Å²) in [6.07, 6.45) is 1.88. The molecule has 2 fully saturated rings. The van der Waals surface area contributed by atoms with E-state index in [4.69, 9.17) is 0 Å². The van der Waals surface area contributed by atoms with Gasteiger partial charge in [0.05, 0.1) is 12.0 Å². The summed E-state index contributed by atoms with van der Waals surface area (Å²) in [5.41, 5.74) is -0.235. The fourth-order valence-electron chi connectivity index (χ4n) is 3.01. The zero-order chi connectivity index (χ0) is 15.3. The van der Waals surface area contributed by atoms with Gasteiger partial charge in [0.1, 0.15) is 0 Å². The van der Waals surface area contributed by atoms with Crippen LogP contribution in [0, 0.1) is 5.41 Å². The highest BCUT2D eigenvalue weighted by atomic mass is 16.2. The zero-order valence-corrected chi connectivity index (χ0v) is 13.3. The topological polar surface area (TPSA) is 64.7 Å². The van der Waals surface area contributed by atoms with Crippen molar-refractivity contribution in [1.82, 2.24) is 20.4 Å². The van der Waals surface area contributed by atoms with Gasteiger partial charge in [-0.3, -0.25) is 14.5 Å². The van der Waals surface area contributed by atoms with E-state index in [-0.39, 0.29) is 17.2 Å². The SMILES string of the molecule is CCCNC(=O)CN1CCN(C(=O)C2(C)CCNC2)CC1. The first-order chi connectivity index (χ1) is 10.0.